The van der Waals surface area contributed by atoms with Crippen LogP contribution in [0.2, 0.25) is 0 Å². The summed E-state index contributed by atoms with van der Waals surface area (Å²) in [5.74, 6) is 0. The molecule has 0 amide bonds. The Labute approximate surface area is 89.4 Å². The normalized spacial score (nSPS) is 14.4. The van der Waals surface area contributed by atoms with Crippen molar-refractivity contribution in [2.45, 2.75) is 48.0 Å². The van der Waals surface area contributed by atoms with E-state index in [1.54, 1.807) is 0 Å². The molecule has 0 aliphatic rings. The van der Waals surface area contributed by atoms with Gasteiger partial charge in [0.2, 0.25) is 0 Å². The van der Waals surface area contributed by atoms with E-state index in [4.69, 9.17) is 0 Å². The lowest BCUT2D eigenvalue weighted by Gasteiger charge is -2.21. The summed E-state index contributed by atoms with van der Waals surface area (Å²) in [6, 6.07) is 0. The molecule has 0 unspecified atom stereocenters. The van der Waals surface area contributed by atoms with Gasteiger partial charge in [-0.15, -0.1) is 0 Å². The van der Waals surface area contributed by atoms with Crippen LogP contribution in [-0.2, 0) is 0 Å². The average molecular weight is 192 g/mol. The highest BCUT2D eigenvalue weighted by atomic mass is 14.2. The van der Waals surface area contributed by atoms with Crippen molar-refractivity contribution in [1.29, 1.82) is 0 Å². The van der Waals surface area contributed by atoms with Crippen molar-refractivity contribution in [2.75, 3.05) is 0 Å². The lowest BCUT2D eigenvalue weighted by atomic mass is 9.84. The van der Waals surface area contributed by atoms with Crippen molar-refractivity contribution in [2.24, 2.45) is 5.41 Å². The predicted octanol–water partition coefficient (Wildman–Crippen LogP) is 4.89. The van der Waals surface area contributed by atoms with Crippen molar-refractivity contribution in [3.8, 4) is 0 Å². The Morgan fingerprint density at radius 1 is 1.14 bits per heavy atom. The second-order valence-electron chi connectivity index (χ2n) is 4.93. The quantitative estimate of drug-likeness (QED) is 0.558. The average Bonchev–Trinajstić information content (AvgIpc) is 2.02. The van der Waals surface area contributed by atoms with Crippen LogP contribution in [0.3, 0.4) is 0 Å². The molecule has 0 aromatic rings. The molecule has 0 aliphatic carbocycles. The molecule has 0 rings (SSSR count). The summed E-state index contributed by atoms with van der Waals surface area (Å²) in [6.45, 7) is 17.1. The Balaban J connectivity index is 4.80. The van der Waals surface area contributed by atoms with Crippen LogP contribution in [0.5, 0.6) is 0 Å². The van der Waals surface area contributed by atoms with Crippen molar-refractivity contribution in [3.63, 3.8) is 0 Å². The van der Waals surface area contributed by atoms with Crippen molar-refractivity contribution < 1.29 is 0 Å². The fraction of sp³-hybridized carbons (Fsp3) is 0.571. The van der Waals surface area contributed by atoms with Gasteiger partial charge in [-0.25, -0.2) is 0 Å². The maximum absolute atomic E-state index is 3.92. The maximum atomic E-state index is 3.92. The molecular weight excluding hydrogens is 168 g/mol. The summed E-state index contributed by atoms with van der Waals surface area (Å²) in [6.07, 6.45) is 5.53. The van der Waals surface area contributed by atoms with Crippen LogP contribution >= 0.6 is 0 Å². The minimum atomic E-state index is 0.278. The molecule has 14 heavy (non-hydrogen) atoms. The minimum absolute atomic E-state index is 0.278. The molecule has 0 nitrogen and oxygen atoms in total. The standard InChI is InChI=1S/C14H24/c1-8-13(14(5,6)7)10-9-12(4)11(2)3/h9-10H,2,8H2,1,3-7H3/b12-9-,13-10+. The molecule has 0 N–H and O–H groups in total. The molecule has 0 aliphatic heterocycles. The van der Waals surface area contributed by atoms with Gasteiger partial charge in [0.1, 0.15) is 0 Å². The Hall–Kier alpha value is -0.780. The SMILES string of the molecule is C=C(C)/C(C)=C\C=C(/CC)C(C)(C)C. The van der Waals surface area contributed by atoms with Gasteiger partial charge < -0.3 is 0 Å². The van der Waals surface area contributed by atoms with Gasteiger partial charge >= 0.3 is 0 Å². The van der Waals surface area contributed by atoms with E-state index in [0.29, 0.717) is 0 Å². The molecule has 0 radical (unpaired) electrons. The third kappa shape index (κ3) is 4.45. The fourth-order valence-electron chi connectivity index (χ4n) is 1.27. The van der Waals surface area contributed by atoms with E-state index in [9.17, 15) is 0 Å². The number of hydrogen-bond acceptors (Lipinski definition) is 0. The largest absolute Gasteiger partial charge is 0.0958 e. The molecule has 0 spiro atoms. The Morgan fingerprint density at radius 2 is 1.64 bits per heavy atom. The van der Waals surface area contributed by atoms with Gasteiger partial charge in [0.15, 0.2) is 0 Å². The highest BCUT2D eigenvalue weighted by molar-refractivity contribution is 5.30. The molecule has 80 valence electrons. The summed E-state index contributed by atoms with van der Waals surface area (Å²) in [4.78, 5) is 0. The third-order valence-corrected chi connectivity index (χ3v) is 2.55. The first-order chi connectivity index (χ1) is 6.29. The summed E-state index contributed by atoms with van der Waals surface area (Å²) in [5, 5.41) is 0. The molecule has 0 atom stereocenters. The molecule has 0 saturated carbocycles. The first-order valence-electron chi connectivity index (χ1n) is 5.32. The van der Waals surface area contributed by atoms with Crippen LogP contribution < -0.4 is 0 Å². The second kappa shape index (κ2) is 5.19. The number of hydrogen-bond donors (Lipinski definition) is 0. The molecule has 0 saturated heterocycles. The lowest BCUT2D eigenvalue weighted by Crippen LogP contribution is -2.08. The Morgan fingerprint density at radius 3 is 1.93 bits per heavy atom. The van der Waals surface area contributed by atoms with E-state index in [-0.39, 0.29) is 5.41 Å². The zero-order valence-electron chi connectivity index (χ0n) is 10.6. The molecule has 0 aromatic carbocycles. The number of rotatable bonds is 3. The van der Waals surface area contributed by atoms with Gasteiger partial charge in [0.25, 0.3) is 0 Å². The van der Waals surface area contributed by atoms with Gasteiger partial charge in [-0.2, -0.15) is 0 Å². The lowest BCUT2D eigenvalue weighted by molar-refractivity contribution is 0.488. The minimum Gasteiger partial charge on any atom is -0.0958 e. The zero-order valence-corrected chi connectivity index (χ0v) is 10.6. The van der Waals surface area contributed by atoms with Crippen LogP contribution in [0.1, 0.15) is 48.0 Å². The maximum Gasteiger partial charge on any atom is -0.0170 e. The van der Waals surface area contributed by atoms with Crippen molar-refractivity contribution >= 4 is 0 Å². The molecular formula is C14H24. The third-order valence-electron chi connectivity index (χ3n) is 2.55. The molecule has 0 aromatic heterocycles. The monoisotopic (exact) mass is 192 g/mol. The van der Waals surface area contributed by atoms with E-state index in [0.717, 1.165) is 12.0 Å². The van der Waals surface area contributed by atoms with Crippen molar-refractivity contribution in [1.82, 2.24) is 0 Å². The summed E-state index contributed by atoms with van der Waals surface area (Å²) in [5.41, 5.74) is 4.17. The van der Waals surface area contributed by atoms with Gasteiger partial charge in [-0.05, 0) is 31.3 Å². The molecule has 0 heteroatoms. The van der Waals surface area contributed by atoms with E-state index in [1.165, 1.54) is 11.1 Å². The van der Waals surface area contributed by atoms with Crippen LogP contribution in [0.15, 0.2) is 35.5 Å². The Bertz CT molecular complexity index is 256. The van der Waals surface area contributed by atoms with Crippen LogP contribution in [0.4, 0.5) is 0 Å². The smallest absolute Gasteiger partial charge is 0.0170 e. The van der Waals surface area contributed by atoms with E-state index in [1.807, 2.05) is 6.92 Å². The molecule has 0 fully saturated rings. The zero-order chi connectivity index (χ0) is 11.4. The highest BCUT2D eigenvalue weighted by Gasteiger charge is 2.13. The number of allylic oxidation sites excluding steroid dienone is 5. The molecule has 0 bridgehead atoms. The van der Waals surface area contributed by atoms with Gasteiger partial charge in [-0.3, -0.25) is 0 Å². The predicted molar refractivity (Wildman–Crippen MR) is 66.4 cm³/mol. The summed E-state index contributed by atoms with van der Waals surface area (Å²) in [7, 11) is 0. The fourth-order valence-corrected chi connectivity index (χ4v) is 1.27. The van der Waals surface area contributed by atoms with Gasteiger partial charge in [0.05, 0.1) is 0 Å². The van der Waals surface area contributed by atoms with E-state index < -0.39 is 0 Å². The van der Waals surface area contributed by atoms with E-state index in [2.05, 4.69) is 53.3 Å². The highest BCUT2D eigenvalue weighted by Crippen LogP contribution is 2.27. The van der Waals surface area contributed by atoms with E-state index >= 15 is 0 Å². The van der Waals surface area contributed by atoms with Crippen molar-refractivity contribution in [3.05, 3.63) is 35.5 Å². The van der Waals surface area contributed by atoms with Gasteiger partial charge in [-0.1, -0.05) is 57.6 Å². The topological polar surface area (TPSA) is 0 Å². The summed E-state index contributed by atoms with van der Waals surface area (Å²) < 4.78 is 0. The Kier molecular flexibility index (Phi) is 4.90. The molecule has 0 heterocycles. The summed E-state index contributed by atoms with van der Waals surface area (Å²) >= 11 is 0. The van der Waals surface area contributed by atoms with Gasteiger partial charge in [0, 0.05) is 0 Å². The second-order valence-corrected chi connectivity index (χ2v) is 4.93. The first-order valence-corrected chi connectivity index (χ1v) is 5.32. The first kappa shape index (κ1) is 13.2. The van der Waals surface area contributed by atoms with Crippen LogP contribution in [0, 0.1) is 5.41 Å². The van der Waals surface area contributed by atoms with Crippen LogP contribution in [-0.4, -0.2) is 0 Å². The van der Waals surface area contributed by atoms with Crippen LogP contribution in [0.25, 0.3) is 0 Å².